The SMILES string of the molecule is O=C(NCCC1=CCCCC1)c1coc(NC(=O)c2cccs2)n1. The molecule has 0 aliphatic heterocycles. The number of hydrogen-bond donors (Lipinski definition) is 2. The number of hydrogen-bond acceptors (Lipinski definition) is 5. The Bertz CT molecular complexity index is 734. The summed E-state index contributed by atoms with van der Waals surface area (Å²) in [7, 11) is 0. The molecule has 0 atom stereocenters. The minimum absolute atomic E-state index is 0.0218. The summed E-state index contributed by atoms with van der Waals surface area (Å²) in [6, 6.07) is 3.51. The molecule has 2 aromatic heterocycles. The molecule has 0 aromatic carbocycles. The predicted octanol–water partition coefficient (Wildman–Crippen LogP) is 3.61. The number of rotatable bonds is 6. The third-order valence-corrected chi connectivity index (χ3v) is 4.69. The van der Waals surface area contributed by atoms with Crippen molar-refractivity contribution in [2.24, 2.45) is 0 Å². The van der Waals surface area contributed by atoms with Crippen molar-refractivity contribution in [1.82, 2.24) is 10.3 Å². The Morgan fingerprint density at radius 3 is 2.96 bits per heavy atom. The third-order valence-electron chi connectivity index (χ3n) is 3.82. The zero-order chi connectivity index (χ0) is 16.8. The molecule has 24 heavy (non-hydrogen) atoms. The van der Waals surface area contributed by atoms with Crippen LogP contribution in [0.15, 0.2) is 39.8 Å². The van der Waals surface area contributed by atoms with Gasteiger partial charge in [-0.25, -0.2) is 0 Å². The fourth-order valence-electron chi connectivity index (χ4n) is 2.56. The topological polar surface area (TPSA) is 84.2 Å². The number of amides is 2. The fraction of sp³-hybridized carbons (Fsp3) is 0.353. The Morgan fingerprint density at radius 2 is 2.21 bits per heavy atom. The van der Waals surface area contributed by atoms with E-state index in [1.807, 2.05) is 5.38 Å². The van der Waals surface area contributed by atoms with E-state index in [1.165, 1.54) is 36.0 Å². The van der Waals surface area contributed by atoms with Gasteiger partial charge in [0.25, 0.3) is 11.8 Å². The fourth-order valence-corrected chi connectivity index (χ4v) is 3.18. The van der Waals surface area contributed by atoms with Crippen molar-refractivity contribution in [2.45, 2.75) is 32.1 Å². The number of thiophene rings is 1. The Hall–Kier alpha value is -2.41. The largest absolute Gasteiger partial charge is 0.431 e. The van der Waals surface area contributed by atoms with Crippen molar-refractivity contribution >= 4 is 29.2 Å². The van der Waals surface area contributed by atoms with E-state index in [0.717, 1.165) is 19.3 Å². The van der Waals surface area contributed by atoms with Crippen molar-refractivity contribution in [3.63, 3.8) is 0 Å². The summed E-state index contributed by atoms with van der Waals surface area (Å²) in [5.74, 6) is -0.602. The van der Waals surface area contributed by atoms with Crippen molar-refractivity contribution in [3.05, 3.63) is 46.0 Å². The van der Waals surface area contributed by atoms with Crippen LogP contribution in [0.25, 0.3) is 0 Å². The van der Waals surface area contributed by atoms with Crippen LogP contribution in [0.1, 0.15) is 52.3 Å². The van der Waals surface area contributed by atoms with E-state index in [1.54, 1.807) is 12.1 Å². The minimum Gasteiger partial charge on any atom is -0.431 e. The molecule has 0 fully saturated rings. The summed E-state index contributed by atoms with van der Waals surface area (Å²) in [4.78, 5) is 28.5. The summed E-state index contributed by atoms with van der Waals surface area (Å²) in [6.07, 6.45) is 9.14. The van der Waals surface area contributed by atoms with Crippen LogP contribution < -0.4 is 10.6 Å². The van der Waals surface area contributed by atoms with E-state index in [9.17, 15) is 9.59 Å². The van der Waals surface area contributed by atoms with Crippen molar-refractivity contribution in [3.8, 4) is 0 Å². The standard InChI is InChI=1S/C17H19N3O3S/c21-15(18-9-8-12-5-2-1-3-6-12)13-11-23-17(19-13)20-16(22)14-7-4-10-24-14/h4-5,7,10-11H,1-3,6,8-9H2,(H,18,21)(H,19,20,22). The van der Waals surface area contributed by atoms with Gasteiger partial charge in [-0.3, -0.25) is 14.9 Å². The number of anilines is 1. The van der Waals surface area contributed by atoms with Gasteiger partial charge >= 0.3 is 6.01 Å². The smallest absolute Gasteiger partial charge is 0.302 e. The molecular weight excluding hydrogens is 326 g/mol. The van der Waals surface area contributed by atoms with E-state index in [2.05, 4.69) is 21.7 Å². The van der Waals surface area contributed by atoms with Crippen LogP contribution >= 0.6 is 11.3 Å². The molecular formula is C17H19N3O3S. The van der Waals surface area contributed by atoms with Crippen LogP contribution in [0.3, 0.4) is 0 Å². The van der Waals surface area contributed by atoms with Gasteiger partial charge in [-0.05, 0) is 43.6 Å². The number of carbonyl (C=O) groups excluding carboxylic acids is 2. The molecule has 6 nitrogen and oxygen atoms in total. The first-order valence-electron chi connectivity index (χ1n) is 7.99. The van der Waals surface area contributed by atoms with Gasteiger partial charge in [0.1, 0.15) is 6.26 Å². The predicted molar refractivity (Wildman–Crippen MR) is 92.3 cm³/mol. The average molecular weight is 345 g/mol. The first kappa shape index (κ1) is 16.4. The molecule has 126 valence electrons. The lowest BCUT2D eigenvalue weighted by Crippen LogP contribution is -2.25. The van der Waals surface area contributed by atoms with Crippen molar-refractivity contribution in [2.75, 3.05) is 11.9 Å². The van der Waals surface area contributed by atoms with E-state index in [0.29, 0.717) is 11.4 Å². The Labute approximate surface area is 144 Å². The number of aromatic nitrogens is 1. The van der Waals surface area contributed by atoms with Gasteiger partial charge in [0.2, 0.25) is 0 Å². The van der Waals surface area contributed by atoms with E-state index in [-0.39, 0.29) is 23.5 Å². The molecule has 0 saturated heterocycles. The molecule has 7 heteroatoms. The van der Waals surface area contributed by atoms with Gasteiger partial charge < -0.3 is 9.73 Å². The molecule has 2 heterocycles. The number of oxazole rings is 1. The maximum Gasteiger partial charge on any atom is 0.302 e. The summed E-state index contributed by atoms with van der Waals surface area (Å²) in [6.45, 7) is 0.578. The van der Waals surface area contributed by atoms with E-state index in [4.69, 9.17) is 4.42 Å². The highest BCUT2D eigenvalue weighted by atomic mass is 32.1. The highest BCUT2D eigenvalue weighted by Gasteiger charge is 2.15. The maximum absolute atomic E-state index is 12.1. The quantitative estimate of drug-likeness (QED) is 0.783. The number of nitrogens with zero attached hydrogens (tertiary/aromatic N) is 1. The molecule has 1 aliphatic carbocycles. The molecule has 0 spiro atoms. The second-order valence-electron chi connectivity index (χ2n) is 5.58. The maximum atomic E-state index is 12.1. The van der Waals surface area contributed by atoms with Gasteiger partial charge in [0.05, 0.1) is 4.88 Å². The Morgan fingerprint density at radius 1 is 1.29 bits per heavy atom. The van der Waals surface area contributed by atoms with E-state index < -0.39 is 0 Å². The molecule has 2 N–H and O–H groups in total. The van der Waals surface area contributed by atoms with Crippen LogP contribution in [0.5, 0.6) is 0 Å². The Kier molecular flexibility index (Phi) is 5.43. The molecule has 1 aliphatic rings. The van der Waals surface area contributed by atoms with E-state index >= 15 is 0 Å². The molecule has 0 saturated carbocycles. The summed E-state index contributed by atoms with van der Waals surface area (Å²) in [5, 5.41) is 7.17. The first-order valence-corrected chi connectivity index (χ1v) is 8.87. The number of allylic oxidation sites excluding steroid dienone is 1. The van der Waals surface area contributed by atoms with Gasteiger partial charge in [-0.1, -0.05) is 17.7 Å². The molecule has 2 aromatic rings. The van der Waals surface area contributed by atoms with Crippen LogP contribution in [-0.2, 0) is 0 Å². The lowest BCUT2D eigenvalue weighted by atomic mass is 9.97. The van der Waals surface area contributed by atoms with Crippen molar-refractivity contribution in [1.29, 1.82) is 0 Å². The zero-order valence-corrected chi connectivity index (χ0v) is 14.0. The lowest BCUT2D eigenvalue weighted by molar-refractivity contribution is 0.0948. The molecule has 0 unspecified atom stereocenters. The average Bonchev–Trinajstić information content (AvgIpc) is 3.27. The summed E-state index contributed by atoms with van der Waals surface area (Å²) >= 11 is 1.32. The molecule has 2 amide bonds. The first-order chi connectivity index (χ1) is 11.7. The molecule has 3 rings (SSSR count). The lowest BCUT2D eigenvalue weighted by Gasteiger charge is -2.12. The Balaban J connectivity index is 1.48. The summed E-state index contributed by atoms with van der Waals surface area (Å²) in [5.41, 5.74) is 1.57. The third kappa shape index (κ3) is 4.32. The normalized spacial score (nSPS) is 14.1. The second-order valence-corrected chi connectivity index (χ2v) is 6.53. The number of nitrogens with one attached hydrogen (secondary N) is 2. The molecule has 0 radical (unpaired) electrons. The summed E-state index contributed by atoms with van der Waals surface area (Å²) < 4.78 is 5.14. The van der Waals surface area contributed by atoms with Crippen LogP contribution in [0.4, 0.5) is 6.01 Å². The van der Waals surface area contributed by atoms with Gasteiger partial charge in [0, 0.05) is 6.54 Å². The van der Waals surface area contributed by atoms with Crippen LogP contribution in [0, 0.1) is 0 Å². The van der Waals surface area contributed by atoms with Crippen LogP contribution in [0.2, 0.25) is 0 Å². The monoisotopic (exact) mass is 345 g/mol. The minimum atomic E-state index is -0.303. The van der Waals surface area contributed by atoms with Crippen molar-refractivity contribution < 1.29 is 14.0 Å². The highest BCUT2D eigenvalue weighted by Crippen LogP contribution is 2.19. The highest BCUT2D eigenvalue weighted by molar-refractivity contribution is 7.12. The van der Waals surface area contributed by atoms with Gasteiger partial charge in [-0.15, -0.1) is 11.3 Å². The molecule has 0 bridgehead atoms. The second kappa shape index (κ2) is 7.92. The zero-order valence-electron chi connectivity index (χ0n) is 13.2. The number of carbonyl (C=O) groups is 2. The van der Waals surface area contributed by atoms with Gasteiger partial charge in [-0.2, -0.15) is 4.98 Å². The van der Waals surface area contributed by atoms with Gasteiger partial charge in [0.15, 0.2) is 5.69 Å². The van der Waals surface area contributed by atoms with Crippen LogP contribution in [-0.4, -0.2) is 23.3 Å².